The molecule has 0 rings (SSSR count). The predicted molar refractivity (Wildman–Crippen MR) is 59.0 cm³/mol. The number of carbonyl (C=O) groups excluding carboxylic acids is 1. The van der Waals surface area contributed by atoms with Crippen LogP contribution in [-0.2, 0) is 19.1 Å². The number of hydrogen-bond acceptors (Lipinski definition) is 5. The summed E-state index contributed by atoms with van der Waals surface area (Å²) < 4.78 is 26.7. The summed E-state index contributed by atoms with van der Waals surface area (Å²) >= 11 is 0. The van der Waals surface area contributed by atoms with E-state index in [9.17, 15) is 18.3 Å². The Labute approximate surface area is 95.4 Å². The number of aliphatic hydroxyl groups is 1. The van der Waals surface area contributed by atoms with Gasteiger partial charge in [-0.25, -0.2) is 0 Å². The van der Waals surface area contributed by atoms with Crippen LogP contribution in [0.2, 0.25) is 0 Å². The monoisotopic (exact) mass is 251 g/mol. The zero-order valence-corrected chi connectivity index (χ0v) is 10.3. The molecule has 94 valence electrons. The van der Waals surface area contributed by atoms with Gasteiger partial charge in [-0.05, 0) is 19.9 Å². The first kappa shape index (κ1) is 15.1. The van der Waals surface area contributed by atoms with Crippen LogP contribution in [0.25, 0.3) is 0 Å². The molecule has 7 heteroatoms. The molecule has 0 aromatic carbocycles. The largest absolute Gasteiger partial charge is 0.391 e. The van der Waals surface area contributed by atoms with Gasteiger partial charge in [0.25, 0.3) is 10.1 Å². The summed E-state index contributed by atoms with van der Waals surface area (Å²) in [5.41, 5.74) is 0. The molecule has 0 bridgehead atoms. The van der Waals surface area contributed by atoms with Crippen molar-refractivity contribution < 1.29 is 22.5 Å². The van der Waals surface area contributed by atoms with Crippen LogP contribution in [0, 0.1) is 0 Å². The first-order chi connectivity index (χ1) is 7.28. The third-order valence-corrected chi connectivity index (χ3v) is 2.68. The molecule has 0 spiro atoms. The number of aliphatic hydroxyl groups excluding tert-OH is 1. The van der Waals surface area contributed by atoms with Crippen molar-refractivity contribution in [3.63, 3.8) is 0 Å². The second-order valence-corrected chi connectivity index (χ2v) is 4.69. The van der Waals surface area contributed by atoms with Crippen LogP contribution >= 0.6 is 0 Å². The molecule has 0 aliphatic carbocycles. The number of carbonyl (C=O) groups is 1. The van der Waals surface area contributed by atoms with Crippen LogP contribution < -0.4 is 5.32 Å². The van der Waals surface area contributed by atoms with Crippen LogP contribution in [0.15, 0.2) is 11.5 Å². The molecular weight excluding hydrogens is 234 g/mol. The third kappa shape index (κ3) is 6.54. The molecule has 0 heterocycles. The Morgan fingerprint density at radius 2 is 2.12 bits per heavy atom. The lowest BCUT2D eigenvalue weighted by Crippen LogP contribution is -2.39. The smallest absolute Gasteiger partial charge is 0.289 e. The predicted octanol–water partition coefficient (Wildman–Crippen LogP) is -0.248. The lowest BCUT2D eigenvalue weighted by atomic mass is 10.2. The highest BCUT2D eigenvalue weighted by Gasteiger charge is 2.14. The second kappa shape index (κ2) is 6.62. The Balaban J connectivity index is 4.62. The minimum atomic E-state index is -3.74. The molecule has 0 fully saturated rings. The Morgan fingerprint density at radius 1 is 1.56 bits per heavy atom. The van der Waals surface area contributed by atoms with Gasteiger partial charge in [0.15, 0.2) is 0 Å². The summed E-state index contributed by atoms with van der Waals surface area (Å²) in [5.74, 6) is -0.357. The van der Waals surface area contributed by atoms with E-state index in [2.05, 4.69) is 9.50 Å². The maximum Gasteiger partial charge on any atom is 0.289 e. The van der Waals surface area contributed by atoms with Gasteiger partial charge in [-0.1, -0.05) is 0 Å². The molecule has 2 atom stereocenters. The Bertz CT molecular complexity index is 347. The average molecular weight is 251 g/mol. The van der Waals surface area contributed by atoms with E-state index in [1.54, 1.807) is 6.92 Å². The van der Waals surface area contributed by atoms with E-state index in [0.717, 1.165) is 5.41 Å². The highest BCUT2D eigenvalue weighted by Crippen LogP contribution is 2.00. The van der Waals surface area contributed by atoms with Gasteiger partial charge in [-0.15, -0.1) is 0 Å². The molecule has 0 radical (unpaired) electrons. The van der Waals surface area contributed by atoms with Crippen LogP contribution in [-0.4, -0.2) is 38.2 Å². The summed E-state index contributed by atoms with van der Waals surface area (Å²) in [6, 6.07) is -0.757. The van der Waals surface area contributed by atoms with Crippen LogP contribution in [0.5, 0.6) is 0 Å². The van der Waals surface area contributed by atoms with Crippen molar-refractivity contribution >= 4 is 16.0 Å². The van der Waals surface area contributed by atoms with Crippen LogP contribution in [0.3, 0.4) is 0 Å². The van der Waals surface area contributed by atoms with Gasteiger partial charge >= 0.3 is 0 Å². The van der Waals surface area contributed by atoms with Crippen molar-refractivity contribution in [2.24, 2.45) is 0 Å². The lowest BCUT2D eigenvalue weighted by Gasteiger charge is -2.16. The topological polar surface area (TPSA) is 92.7 Å². The van der Waals surface area contributed by atoms with E-state index < -0.39 is 22.3 Å². The van der Waals surface area contributed by atoms with Gasteiger partial charge in [0.1, 0.15) is 0 Å². The van der Waals surface area contributed by atoms with Crippen LogP contribution in [0.4, 0.5) is 0 Å². The third-order valence-electron chi connectivity index (χ3n) is 1.62. The van der Waals surface area contributed by atoms with E-state index in [-0.39, 0.29) is 12.5 Å². The molecule has 6 nitrogen and oxygen atoms in total. The summed E-state index contributed by atoms with van der Waals surface area (Å²) in [4.78, 5) is 10.8. The quantitative estimate of drug-likeness (QED) is 0.635. The zero-order valence-electron chi connectivity index (χ0n) is 9.50. The highest BCUT2D eigenvalue weighted by atomic mass is 32.2. The van der Waals surface area contributed by atoms with Crippen molar-refractivity contribution in [1.29, 1.82) is 0 Å². The van der Waals surface area contributed by atoms with E-state index in [1.165, 1.54) is 19.9 Å². The van der Waals surface area contributed by atoms with E-state index in [0.29, 0.717) is 0 Å². The lowest BCUT2D eigenvalue weighted by molar-refractivity contribution is -0.120. The maximum absolute atomic E-state index is 11.1. The Hall–Kier alpha value is -0.920. The van der Waals surface area contributed by atoms with Gasteiger partial charge in [-0.2, -0.15) is 8.42 Å². The molecule has 0 aromatic heterocycles. The number of nitrogens with one attached hydrogen (secondary N) is 1. The minimum Gasteiger partial charge on any atom is -0.391 e. The number of amides is 1. The normalized spacial score (nSPS) is 16.0. The molecule has 16 heavy (non-hydrogen) atoms. The van der Waals surface area contributed by atoms with Crippen molar-refractivity contribution in [1.82, 2.24) is 5.32 Å². The van der Waals surface area contributed by atoms with Gasteiger partial charge in [0, 0.05) is 6.92 Å². The summed E-state index contributed by atoms with van der Waals surface area (Å²) in [5, 5.41) is 12.5. The molecule has 0 aliphatic heterocycles. The van der Waals surface area contributed by atoms with Gasteiger partial charge in [-0.3, -0.25) is 8.98 Å². The number of hydrogen-bond donors (Lipinski definition) is 2. The Kier molecular flexibility index (Phi) is 6.24. The summed E-state index contributed by atoms with van der Waals surface area (Å²) in [7, 11) is -3.74. The van der Waals surface area contributed by atoms with Gasteiger partial charge < -0.3 is 10.4 Å². The maximum atomic E-state index is 11.1. The summed E-state index contributed by atoms with van der Waals surface area (Å²) in [6.45, 7) is 4.30. The van der Waals surface area contributed by atoms with Crippen molar-refractivity contribution in [3.05, 3.63) is 11.5 Å². The van der Waals surface area contributed by atoms with E-state index in [1.807, 2.05) is 0 Å². The fourth-order valence-corrected chi connectivity index (χ4v) is 1.72. The average Bonchev–Trinajstić information content (AvgIpc) is 2.11. The molecule has 0 aromatic rings. The van der Waals surface area contributed by atoms with Gasteiger partial charge in [0.2, 0.25) is 5.91 Å². The first-order valence-electron chi connectivity index (χ1n) is 4.81. The fourth-order valence-electron chi connectivity index (χ4n) is 0.949. The molecular formula is C9H17NO5S. The first-order valence-corrected chi connectivity index (χ1v) is 6.28. The second-order valence-electron chi connectivity index (χ2n) is 3.19. The number of rotatable bonds is 6. The molecule has 0 aliphatic rings. The van der Waals surface area contributed by atoms with Crippen molar-refractivity contribution in [3.8, 4) is 0 Å². The molecule has 0 saturated carbocycles. The molecule has 0 unspecified atom stereocenters. The fraction of sp³-hybridized carbons (Fsp3) is 0.667. The van der Waals surface area contributed by atoms with E-state index >= 15 is 0 Å². The highest BCUT2D eigenvalue weighted by molar-refractivity contribution is 7.89. The molecule has 1 amide bonds. The van der Waals surface area contributed by atoms with Crippen molar-refractivity contribution in [2.45, 2.75) is 32.9 Å². The van der Waals surface area contributed by atoms with E-state index in [4.69, 9.17) is 0 Å². The zero-order chi connectivity index (χ0) is 12.8. The van der Waals surface area contributed by atoms with Crippen LogP contribution in [0.1, 0.15) is 20.8 Å². The van der Waals surface area contributed by atoms with Gasteiger partial charge in [0.05, 0.1) is 24.2 Å². The summed E-state index contributed by atoms with van der Waals surface area (Å²) in [6.07, 6.45) is 0.286. The molecule has 2 N–H and O–H groups in total. The standard InChI is InChI=1S/C9H17NO5S/c1-4-15-16(13,14)6-5-9(7(2)11)10-8(3)12/h5-7,9,11H,4H2,1-3H3,(H,10,12)/b6-5+/t7-,9-/m1/s1. The SMILES string of the molecule is CCOS(=O)(=O)/C=C/[C@@H](NC(C)=O)[C@@H](C)O. The molecule has 0 saturated heterocycles. The Morgan fingerprint density at radius 3 is 2.50 bits per heavy atom. The van der Waals surface area contributed by atoms with Crippen molar-refractivity contribution in [2.75, 3.05) is 6.61 Å². The minimum absolute atomic E-state index is 0.0339.